The van der Waals surface area contributed by atoms with Crippen molar-refractivity contribution in [2.24, 2.45) is 0 Å². The Morgan fingerprint density at radius 3 is 2.65 bits per heavy atom. The quantitative estimate of drug-likeness (QED) is 0.773. The SMILES string of the molecule is CCS(=O)(=O)N1CCN(C(=O)c2cn3c(n2)CCNCC3)CC1. The summed E-state index contributed by atoms with van der Waals surface area (Å²) >= 11 is 0. The second kappa shape index (κ2) is 6.58. The predicted octanol–water partition coefficient (Wildman–Crippen LogP) is -0.864. The summed E-state index contributed by atoms with van der Waals surface area (Å²) < 4.78 is 27.2. The molecule has 0 atom stereocenters. The summed E-state index contributed by atoms with van der Waals surface area (Å²) in [4.78, 5) is 18.8. The van der Waals surface area contributed by atoms with Crippen LogP contribution in [0.1, 0.15) is 23.2 Å². The fourth-order valence-corrected chi connectivity index (χ4v) is 4.07. The molecule has 1 N–H and O–H groups in total. The number of rotatable bonds is 3. The molecule has 1 fully saturated rings. The molecule has 128 valence electrons. The molecular formula is C14H23N5O3S. The predicted molar refractivity (Wildman–Crippen MR) is 85.7 cm³/mol. The Balaban J connectivity index is 1.66. The van der Waals surface area contributed by atoms with Crippen LogP contribution in [0, 0.1) is 0 Å². The van der Waals surface area contributed by atoms with Gasteiger partial charge in [0, 0.05) is 58.4 Å². The van der Waals surface area contributed by atoms with E-state index in [9.17, 15) is 13.2 Å². The van der Waals surface area contributed by atoms with Crippen LogP contribution >= 0.6 is 0 Å². The van der Waals surface area contributed by atoms with Crippen molar-refractivity contribution in [3.8, 4) is 0 Å². The average Bonchev–Trinajstić information content (AvgIpc) is 2.85. The molecular weight excluding hydrogens is 318 g/mol. The third-order valence-corrected chi connectivity index (χ3v) is 6.30. The van der Waals surface area contributed by atoms with Gasteiger partial charge in [-0.15, -0.1) is 0 Å². The van der Waals surface area contributed by atoms with E-state index in [2.05, 4.69) is 10.3 Å². The number of imidazole rings is 1. The van der Waals surface area contributed by atoms with Crippen molar-refractivity contribution in [2.45, 2.75) is 19.9 Å². The molecule has 2 aliphatic rings. The van der Waals surface area contributed by atoms with Gasteiger partial charge in [-0.1, -0.05) is 0 Å². The standard InChI is InChI=1S/C14H23N5O3S/c1-2-23(21,22)19-9-7-17(8-10-19)14(20)12-11-18-6-5-15-4-3-13(18)16-12/h11,15H,2-10H2,1H3. The Hall–Kier alpha value is -1.45. The molecule has 0 unspecified atom stereocenters. The van der Waals surface area contributed by atoms with Crippen molar-refractivity contribution in [1.82, 2.24) is 24.1 Å². The lowest BCUT2D eigenvalue weighted by molar-refractivity contribution is 0.0692. The lowest BCUT2D eigenvalue weighted by atomic mass is 10.3. The Morgan fingerprint density at radius 2 is 1.96 bits per heavy atom. The van der Waals surface area contributed by atoms with Crippen LogP contribution in [0.15, 0.2) is 6.20 Å². The van der Waals surface area contributed by atoms with Gasteiger partial charge in [0.1, 0.15) is 11.5 Å². The Labute approximate surface area is 136 Å². The third kappa shape index (κ3) is 3.41. The molecule has 3 rings (SSSR count). The molecule has 1 aromatic heterocycles. The average molecular weight is 341 g/mol. The number of nitrogens with zero attached hydrogens (tertiary/aromatic N) is 4. The summed E-state index contributed by atoms with van der Waals surface area (Å²) in [5.41, 5.74) is 0.466. The summed E-state index contributed by atoms with van der Waals surface area (Å²) in [6.45, 7) is 5.77. The van der Waals surface area contributed by atoms with E-state index in [1.807, 2.05) is 10.8 Å². The monoisotopic (exact) mass is 341 g/mol. The first kappa shape index (κ1) is 16.4. The van der Waals surface area contributed by atoms with E-state index in [1.54, 1.807) is 11.8 Å². The molecule has 0 aromatic carbocycles. The highest BCUT2D eigenvalue weighted by Crippen LogP contribution is 2.13. The molecule has 0 saturated carbocycles. The molecule has 0 spiro atoms. The topological polar surface area (TPSA) is 87.5 Å². The minimum absolute atomic E-state index is 0.0999. The number of sulfonamides is 1. The van der Waals surface area contributed by atoms with E-state index in [0.717, 1.165) is 31.9 Å². The second-order valence-corrected chi connectivity index (χ2v) is 8.09. The number of hydrogen-bond donors (Lipinski definition) is 1. The number of amides is 1. The number of carbonyl (C=O) groups excluding carboxylic acids is 1. The van der Waals surface area contributed by atoms with E-state index in [1.165, 1.54) is 4.31 Å². The van der Waals surface area contributed by atoms with Gasteiger partial charge in [0.05, 0.1) is 5.75 Å². The number of piperazine rings is 1. The molecule has 0 bridgehead atoms. The van der Waals surface area contributed by atoms with Crippen LogP contribution in [-0.2, 0) is 23.0 Å². The maximum atomic E-state index is 12.6. The Kier molecular flexibility index (Phi) is 4.69. The minimum atomic E-state index is -3.17. The van der Waals surface area contributed by atoms with Gasteiger partial charge >= 0.3 is 0 Å². The number of aromatic nitrogens is 2. The Bertz CT molecular complexity index is 653. The van der Waals surface area contributed by atoms with Crippen molar-refractivity contribution in [1.29, 1.82) is 0 Å². The zero-order chi connectivity index (χ0) is 16.4. The number of nitrogens with one attached hydrogen (secondary N) is 1. The van der Waals surface area contributed by atoms with Crippen LogP contribution in [0.25, 0.3) is 0 Å². The van der Waals surface area contributed by atoms with E-state index in [4.69, 9.17) is 0 Å². The van der Waals surface area contributed by atoms with E-state index < -0.39 is 10.0 Å². The first-order valence-electron chi connectivity index (χ1n) is 8.05. The summed E-state index contributed by atoms with van der Waals surface area (Å²) in [6, 6.07) is 0. The van der Waals surface area contributed by atoms with Crippen LogP contribution in [0.5, 0.6) is 0 Å². The fourth-order valence-electron chi connectivity index (χ4n) is 2.99. The molecule has 1 aromatic rings. The van der Waals surface area contributed by atoms with Gasteiger partial charge in [0.25, 0.3) is 5.91 Å². The van der Waals surface area contributed by atoms with Crippen LogP contribution in [0.3, 0.4) is 0 Å². The molecule has 2 aliphatic heterocycles. The molecule has 8 nitrogen and oxygen atoms in total. The van der Waals surface area contributed by atoms with Crippen molar-refractivity contribution in [2.75, 3.05) is 45.0 Å². The van der Waals surface area contributed by atoms with Gasteiger partial charge in [-0.25, -0.2) is 13.4 Å². The summed E-state index contributed by atoms with van der Waals surface area (Å²) in [5, 5.41) is 3.30. The molecule has 23 heavy (non-hydrogen) atoms. The maximum Gasteiger partial charge on any atom is 0.274 e. The fraction of sp³-hybridized carbons (Fsp3) is 0.714. The highest BCUT2D eigenvalue weighted by Gasteiger charge is 2.29. The lowest BCUT2D eigenvalue weighted by Crippen LogP contribution is -2.50. The first-order chi connectivity index (χ1) is 11.0. The van der Waals surface area contributed by atoms with Crippen molar-refractivity contribution >= 4 is 15.9 Å². The molecule has 0 radical (unpaired) electrons. The minimum Gasteiger partial charge on any atom is -0.335 e. The van der Waals surface area contributed by atoms with Crippen LogP contribution in [0.4, 0.5) is 0 Å². The number of hydrogen-bond acceptors (Lipinski definition) is 5. The largest absolute Gasteiger partial charge is 0.335 e. The zero-order valence-electron chi connectivity index (χ0n) is 13.4. The van der Waals surface area contributed by atoms with E-state index in [0.29, 0.717) is 31.9 Å². The highest BCUT2D eigenvalue weighted by atomic mass is 32.2. The van der Waals surface area contributed by atoms with Gasteiger partial charge < -0.3 is 14.8 Å². The number of carbonyl (C=O) groups is 1. The van der Waals surface area contributed by atoms with Crippen molar-refractivity contribution in [3.63, 3.8) is 0 Å². The maximum absolute atomic E-state index is 12.6. The molecule has 1 saturated heterocycles. The first-order valence-corrected chi connectivity index (χ1v) is 9.66. The van der Waals surface area contributed by atoms with Gasteiger partial charge in [-0.3, -0.25) is 4.79 Å². The van der Waals surface area contributed by atoms with Crippen molar-refractivity contribution in [3.05, 3.63) is 17.7 Å². The smallest absolute Gasteiger partial charge is 0.274 e. The highest BCUT2D eigenvalue weighted by molar-refractivity contribution is 7.89. The summed E-state index contributed by atoms with van der Waals surface area (Å²) in [5.74, 6) is 0.931. The zero-order valence-corrected chi connectivity index (χ0v) is 14.2. The molecule has 0 aliphatic carbocycles. The summed E-state index contributed by atoms with van der Waals surface area (Å²) in [7, 11) is -3.17. The van der Waals surface area contributed by atoms with E-state index >= 15 is 0 Å². The van der Waals surface area contributed by atoms with Gasteiger partial charge in [0.15, 0.2) is 0 Å². The summed E-state index contributed by atoms with van der Waals surface area (Å²) in [6.07, 6.45) is 2.63. The Morgan fingerprint density at radius 1 is 1.22 bits per heavy atom. The van der Waals surface area contributed by atoms with Gasteiger partial charge in [0.2, 0.25) is 10.0 Å². The van der Waals surface area contributed by atoms with Gasteiger partial charge in [-0.05, 0) is 6.92 Å². The normalized spacial score (nSPS) is 20.1. The molecule has 9 heteroatoms. The van der Waals surface area contributed by atoms with E-state index in [-0.39, 0.29) is 11.7 Å². The van der Waals surface area contributed by atoms with Crippen molar-refractivity contribution < 1.29 is 13.2 Å². The van der Waals surface area contributed by atoms with Crippen LogP contribution < -0.4 is 5.32 Å². The molecule has 1 amide bonds. The number of fused-ring (bicyclic) bond motifs is 1. The van der Waals surface area contributed by atoms with Crippen LogP contribution in [0.2, 0.25) is 0 Å². The van der Waals surface area contributed by atoms with Gasteiger partial charge in [-0.2, -0.15) is 4.31 Å². The molecule has 3 heterocycles. The third-order valence-electron chi connectivity index (χ3n) is 4.42. The lowest BCUT2D eigenvalue weighted by Gasteiger charge is -2.33. The second-order valence-electron chi connectivity index (χ2n) is 5.83. The van der Waals surface area contributed by atoms with Crippen LogP contribution in [-0.4, -0.2) is 78.1 Å².